The van der Waals surface area contributed by atoms with Crippen molar-refractivity contribution in [3.63, 3.8) is 0 Å². The van der Waals surface area contributed by atoms with Gasteiger partial charge >= 0.3 is 12.4 Å². The largest absolute Gasteiger partial charge is 0.419 e. The number of anilines is 2. The molecule has 1 aliphatic heterocycles. The number of nitrogens with zero attached hydrogens (tertiary/aromatic N) is 3. The van der Waals surface area contributed by atoms with Crippen LogP contribution in [0.3, 0.4) is 0 Å². The Morgan fingerprint density at radius 1 is 1.10 bits per heavy atom. The fourth-order valence-electron chi connectivity index (χ4n) is 4.87. The van der Waals surface area contributed by atoms with E-state index in [0.29, 0.717) is 9.91 Å². The number of hydrogen-bond donors (Lipinski definition) is 1. The summed E-state index contributed by atoms with van der Waals surface area (Å²) in [5, 5.41) is 3.27. The van der Waals surface area contributed by atoms with Crippen molar-refractivity contribution in [1.82, 2.24) is 14.9 Å². The van der Waals surface area contributed by atoms with Gasteiger partial charge in [0.05, 0.1) is 28.4 Å². The SMILES string of the molecule is CO[C@H](c1c(Nc2ccc([C@H](N(C)C(=O)C3CCS(=O)(=O)CC3)C(F)(F)F)cc2)cnc2sc(C)nc12)C(F)(F)F. The van der Waals surface area contributed by atoms with Crippen molar-refractivity contribution in [3.8, 4) is 0 Å². The van der Waals surface area contributed by atoms with E-state index in [1.165, 1.54) is 18.3 Å². The number of aromatic nitrogens is 2. The molecule has 41 heavy (non-hydrogen) atoms. The quantitative estimate of drug-likeness (QED) is 0.328. The van der Waals surface area contributed by atoms with Gasteiger partial charge in [0, 0.05) is 31.3 Å². The molecule has 1 aromatic carbocycles. The normalized spacial score (nSPS) is 17.8. The van der Waals surface area contributed by atoms with Crippen molar-refractivity contribution in [3.05, 3.63) is 46.6 Å². The minimum absolute atomic E-state index is 0.00826. The topological polar surface area (TPSA) is 101 Å². The molecule has 2 atom stereocenters. The highest BCUT2D eigenvalue weighted by Crippen LogP contribution is 2.44. The van der Waals surface area contributed by atoms with Gasteiger partial charge in [-0.1, -0.05) is 23.5 Å². The molecule has 16 heteroatoms. The summed E-state index contributed by atoms with van der Waals surface area (Å²) in [6, 6.07) is 2.40. The maximum atomic E-state index is 14.2. The van der Waals surface area contributed by atoms with Crippen LogP contribution in [0.15, 0.2) is 30.5 Å². The highest BCUT2D eigenvalue weighted by atomic mass is 32.2. The van der Waals surface area contributed by atoms with E-state index in [0.717, 1.165) is 37.6 Å². The van der Waals surface area contributed by atoms with Gasteiger partial charge in [0.1, 0.15) is 20.2 Å². The van der Waals surface area contributed by atoms with Crippen LogP contribution < -0.4 is 5.32 Å². The first kappa shape index (κ1) is 31.0. The summed E-state index contributed by atoms with van der Waals surface area (Å²) >= 11 is 1.10. The van der Waals surface area contributed by atoms with Gasteiger partial charge in [0.25, 0.3) is 0 Å². The van der Waals surface area contributed by atoms with Gasteiger partial charge in [-0.2, -0.15) is 26.3 Å². The molecule has 0 unspecified atom stereocenters. The summed E-state index contributed by atoms with van der Waals surface area (Å²) in [5.74, 6) is -2.21. The number of halogens is 6. The molecular weight excluding hydrogens is 598 g/mol. The number of hydrogen-bond acceptors (Lipinski definition) is 8. The standard InChI is InChI=1S/C25H26F6N4O4S2/c1-13-33-19-18(21(39-3)25(29,30)31)17(12-32-22(19)40-13)34-16-6-4-14(5-7-16)20(24(26,27)28)35(2)23(36)15-8-10-41(37,38)11-9-15/h4-7,12,15,20-21,34H,8-11H2,1-3H3/t20-,21+/m0/s1. The highest BCUT2D eigenvalue weighted by molar-refractivity contribution is 7.91. The Balaban J connectivity index is 1.63. The Morgan fingerprint density at radius 2 is 1.71 bits per heavy atom. The number of sulfone groups is 1. The van der Waals surface area contributed by atoms with Gasteiger partial charge in [-0.05, 0) is 37.5 Å². The number of fused-ring (bicyclic) bond motifs is 1. The maximum Gasteiger partial charge on any atom is 0.419 e. The molecule has 0 aliphatic carbocycles. The minimum Gasteiger partial charge on any atom is -0.367 e. The predicted molar refractivity (Wildman–Crippen MR) is 141 cm³/mol. The first-order chi connectivity index (χ1) is 19.0. The Bertz CT molecular complexity index is 1510. The van der Waals surface area contributed by atoms with E-state index in [1.807, 2.05) is 0 Å². The van der Waals surface area contributed by atoms with Gasteiger partial charge in [-0.3, -0.25) is 4.79 Å². The molecule has 224 valence electrons. The van der Waals surface area contributed by atoms with E-state index in [9.17, 15) is 39.6 Å². The lowest BCUT2D eigenvalue weighted by Crippen LogP contribution is -2.44. The number of pyridine rings is 1. The molecule has 3 aromatic rings. The Labute approximate surface area is 235 Å². The first-order valence-electron chi connectivity index (χ1n) is 12.3. The molecular formula is C25H26F6N4O4S2. The van der Waals surface area contributed by atoms with E-state index in [2.05, 4.69) is 15.3 Å². The number of alkyl halides is 6. The van der Waals surface area contributed by atoms with E-state index < -0.39 is 46.2 Å². The van der Waals surface area contributed by atoms with E-state index in [4.69, 9.17) is 4.74 Å². The number of nitrogens with one attached hydrogen (secondary N) is 1. The highest BCUT2D eigenvalue weighted by Gasteiger charge is 2.47. The molecule has 3 heterocycles. The lowest BCUT2D eigenvalue weighted by molar-refractivity contribution is -0.215. The summed E-state index contributed by atoms with van der Waals surface area (Å²) in [5.41, 5.74) is -0.534. The average Bonchev–Trinajstić information content (AvgIpc) is 3.25. The summed E-state index contributed by atoms with van der Waals surface area (Å²) in [6.45, 7) is 1.62. The number of rotatable bonds is 7. The molecule has 0 radical (unpaired) electrons. The van der Waals surface area contributed by atoms with Crippen LogP contribution in [-0.2, 0) is 19.4 Å². The first-order valence-corrected chi connectivity index (χ1v) is 14.9. The molecule has 1 amide bonds. The second-order valence-electron chi connectivity index (χ2n) is 9.70. The van der Waals surface area contributed by atoms with Crippen LogP contribution in [-0.4, -0.2) is 67.2 Å². The molecule has 0 spiro atoms. The fourth-order valence-corrected chi connectivity index (χ4v) is 7.13. The number of amides is 1. The van der Waals surface area contributed by atoms with Crippen LogP contribution in [0.5, 0.6) is 0 Å². The minimum atomic E-state index is -4.86. The average molecular weight is 625 g/mol. The van der Waals surface area contributed by atoms with Crippen LogP contribution in [0.1, 0.15) is 41.1 Å². The third kappa shape index (κ3) is 6.75. The smallest absolute Gasteiger partial charge is 0.367 e. The predicted octanol–water partition coefficient (Wildman–Crippen LogP) is 5.88. The van der Waals surface area contributed by atoms with Crippen molar-refractivity contribution in [2.45, 2.75) is 44.3 Å². The van der Waals surface area contributed by atoms with Crippen LogP contribution in [0.2, 0.25) is 0 Å². The molecule has 1 saturated heterocycles. The Hall–Kier alpha value is -2.98. The lowest BCUT2D eigenvalue weighted by Gasteiger charge is -2.34. The zero-order valence-electron chi connectivity index (χ0n) is 22.0. The van der Waals surface area contributed by atoms with Crippen LogP contribution >= 0.6 is 11.3 Å². The third-order valence-corrected chi connectivity index (χ3v) is 9.42. The molecule has 4 rings (SSSR count). The van der Waals surface area contributed by atoms with Gasteiger partial charge < -0.3 is 15.0 Å². The molecule has 0 saturated carbocycles. The van der Waals surface area contributed by atoms with Gasteiger partial charge in [0.15, 0.2) is 12.1 Å². The number of aryl methyl sites for hydroxylation is 1. The van der Waals surface area contributed by atoms with Crippen molar-refractivity contribution >= 4 is 48.8 Å². The summed E-state index contributed by atoms with van der Waals surface area (Å²) < 4.78 is 112. The van der Waals surface area contributed by atoms with Gasteiger partial charge in [-0.15, -0.1) is 0 Å². The molecule has 2 aromatic heterocycles. The van der Waals surface area contributed by atoms with Crippen molar-refractivity contribution in [2.24, 2.45) is 5.92 Å². The molecule has 8 nitrogen and oxygen atoms in total. The van der Waals surface area contributed by atoms with Gasteiger partial charge in [-0.25, -0.2) is 18.4 Å². The summed E-state index contributed by atoms with van der Waals surface area (Å²) in [6.07, 6.45) is -10.9. The molecule has 1 fully saturated rings. The molecule has 1 N–H and O–H groups in total. The van der Waals surface area contributed by atoms with Crippen molar-refractivity contribution in [2.75, 3.05) is 31.0 Å². The summed E-state index contributed by atoms with van der Waals surface area (Å²) in [7, 11) is -1.39. The van der Waals surface area contributed by atoms with Crippen molar-refractivity contribution < 1.29 is 44.3 Å². The zero-order valence-corrected chi connectivity index (χ0v) is 23.6. The van der Waals surface area contributed by atoms with E-state index in [-0.39, 0.29) is 57.2 Å². The monoisotopic (exact) mass is 624 g/mol. The molecule has 1 aliphatic rings. The number of carbonyl (C=O) groups is 1. The third-order valence-electron chi connectivity index (χ3n) is 6.82. The second-order valence-corrected chi connectivity index (χ2v) is 13.2. The Kier molecular flexibility index (Phi) is 8.58. The van der Waals surface area contributed by atoms with Gasteiger partial charge in [0.2, 0.25) is 5.91 Å². The van der Waals surface area contributed by atoms with Crippen LogP contribution in [0.4, 0.5) is 37.7 Å². The van der Waals surface area contributed by atoms with Crippen LogP contribution in [0.25, 0.3) is 10.3 Å². The number of carbonyl (C=O) groups excluding carboxylic acids is 1. The Morgan fingerprint density at radius 3 is 2.24 bits per heavy atom. The number of ether oxygens (including phenoxy) is 1. The zero-order chi connectivity index (χ0) is 30.3. The fraction of sp³-hybridized carbons (Fsp3) is 0.480. The second kappa shape index (κ2) is 11.4. The number of thiazole rings is 1. The maximum absolute atomic E-state index is 14.2. The summed E-state index contributed by atoms with van der Waals surface area (Å²) in [4.78, 5) is 22.1. The number of benzene rings is 1. The number of methoxy groups -OCH3 is 1. The van der Waals surface area contributed by atoms with Crippen molar-refractivity contribution in [1.29, 1.82) is 0 Å². The lowest BCUT2D eigenvalue weighted by atomic mass is 9.98. The van der Waals surface area contributed by atoms with Crippen LogP contribution in [0, 0.1) is 12.8 Å². The molecule has 0 bridgehead atoms. The van der Waals surface area contributed by atoms with E-state index >= 15 is 0 Å². The van der Waals surface area contributed by atoms with E-state index in [1.54, 1.807) is 6.92 Å².